The second-order valence-corrected chi connectivity index (χ2v) is 4.47. The number of hydrogen-bond donors (Lipinski definition) is 1. The first kappa shape index (κ1) is 11.1. The van der Waals surface area contributed by atoms with Crippen LogP contribution in [0.3, 0.4) is 0 Å². The predicted octanol–water partition coefficient (Wildman–Crippen LogP) is 3.06. The van der Waals surface area contributed by atoms with E-state index < -0.39 is 0 Å². The van der Waals surface area contributed by atoms with Crippen LogP contribution >= 0.6 is 0 Å². The summed E-state index contributed by atoms with van der Waals surface area (Å²) in [5.74, 6) is 0.968. The van der Waals surface area contributed by atoms with Crippen molar-refractivity contribution < 1.29 is 4.42 Å². The van der Waals surface area contributed by atoms with Gasteiger partial charge in [0.05, 0.1) is 12.8 Å². The molecule has 0 aliphatic heterocycles. The molecule has 0 saturated carbocycles. The third kappa shape index (κ3) is 2.05. The standard InChI is InChI=1S/C15H16N2O/c1-17-11-12(14-6-2-3-7-15(14)17)9-16-10-13-5-4-8-18-13/h2-8,11,16H,9-10H2,1H3. The first-order valence-electron chi connectivity index (χ1n) is 6.10. The zero-order valence-corrected chi connectivity index (χ0v) is 10.4. The lowest BCUT2D eigenvalue weighted by Gasteiger charge is -2.01. The monoisotopic (exact) mass is 240 g/mol. The van der Waals surface area contributed by atoms with E-state index in [1.165, 1.54) is 16.5 Å². The topological polar surface area (TPSA) is 30.1 Å². The predicted molar refractivity (Wildman–Crippen MR) is 72.2 cm³/mol. The molecule has 92 valence electrons. The van der Waals surface area contributed by atoms with E-state index in [1.54, 1.807) is 6.26 Å². The van der Waals surface area contributed by atoms with Crippen LogP contribution in [0.2, 0.25) is 0 Å². The number of nitrogens with zero attached hydrogens (tertiary/aromatic N) is 1. The highest BCUT2D eigenvalue weighted by atomic mass is 16.3. The second kappa shape index (κ2) is 4.70. The van der Waals surface area contributed by atoms with Crippen LogP contribution in [0.1, 0.15) is 11.3 Å². The summed E-state index contributed by atoms with van der Waals surface area (Å²) in [7, 11) is 2.08. The maximum Gasteiger partial charge on any atom is 0.117 e. The molecule has 0 bridgehead atoms. The van der Waals surface area contributed by atoms with E-state index in [-0.39, 0.29) is 0 Å². The molecule has 18 heavy (non-hydrogen) atoms. The minimum Gasteiger partial charge on any atom is -0.468 e. The van der Waals surface area contributed by atoms with Crippen molar-refractivity contribution >= 4 is 10.9 Å². The molecule has 0 saturated heterocycles. The largest absolute Gasteiger partial charge is 0.468 e. The van der Waals surface area contributed by atoms with E-state index in [9.17, 15) is 0 Å². The highest BCUT2D eigenvalue weighted by Crippen LogP contribution is 2.20. The van der Waals surface area contributed by atoms with Crippen molar-refractivity contribution in [2.24, 2.45) is 7.05 Å². The van der Waals surface area contributed by atoms with Gasteiger partial charge < -0.3 is 14.3 Å². The molecule has 1 aromatic carbocycles. The number of rotatable bonds is 4. The molecule has 0 atom stereocenters. The van der Waals surface area contributed by atoms with Crippen LogP contribution in [0.4, 0.5) is 0 Å². The molecule has 2 heterocycles. The molecule has 0 fully saturated rings. The van der Waals surface area contributed by atoms with Gasteiger partial charge in [-0.25, -0.2) is 0 Å². The van der Waals surface area contributed by atoms with Gasteiger partial charge in [0.25, 0.3) is 0 Å². The van der Waals surface area contributed by atoms with Gasteiger partial charge in [0.15, 0.2) is 0 Å². The zero-order chi connectivity index (χ0) is 12.4. The quantitative estimate of drug-likeness (QED) is 0.759. The third-order valence-electron chi connectivity index (χ3n) is 3.17. The Labute approximate surface area is 106 Å². The molecule has 1 N–H and O–H groups in total. The molecule has 0 spiro atoms. The van der Waals surface area contributed by atoms with E-state index in [0.29, 0.717) is 0 Å². The maximum atomic E-state index is 5.30. The maximum absolute atomic E-state index is 5.30. The molecule has 3 heteroatoms. The minimum absolute atomic E-state index is 0.760. The molecular formula is C15H16N2O. The molecule has 3 nitrogen and oxygen atoms in total. The van der Waals surface area contributed by atoms with Crippen molar-refractivity contribution in [3.8, 4) is 0 Å². The molecule has 3 rings (SSSR count). The van der Waals surface area contributed by atoms with Crippen LogP contribution in [0.25, 0.3) is 10.9 Å². The summed E-state index contributed by atoms with van der Waals surface area (Å²) in [6.07, 6.45) is 3.88. The van der Waals surface area contributed by atoms with Crippen LogP contribution in [0.15, 0.2) is 53.3 Å². The normalized spacial score (nSPS) is 11.2. The number of fused-ring (bicyclic) bond motifs is 1. The van der Waals surface area contributed by atoms with Crippen LogP contribution in [0, 0.1) is 0 Å². The van der Waals surface area contributed by atoms with E-state index in [2.05, 4.69) is 47.4 Å². The van der Waals surface area contributed by atoms with E-state index in [1.807, 2.05) is 12.1 Å². The fourth-order valence-corrected chi connectivity index (χ4v) is 2.30. The molecule has 0 radical (unpaired) electrons. The smallest absolute Gasteiger partial charge is 0.117 e. The van der Waals surface area contributed by atoms with Crippen molar-refractivity contribution in [3.05, 3.63) is 60.2 Å². The first-order valence-corrected chi connectivity index (χ1v) is 6.10. The van der Waals surface area contributed by atoms with Crippen LogP contribution in [0.5, 0.6) is 0 Å². The van der Waals surface area contributed by atoms with Gasteiger partial charge >= 0.3 is 0 Å². The fraction of sp³-hybridized carbons (Fsp3) is 0.200. The Balaban J connectivity index is 1.75. The summed E-state index contributed by atoms with van der Waals surface area (Å²) < 4.78 is 7.46. The summed E-state index contributed by atoms with van der Waals surface area (Å²) >= 11 is 0. The Morgan fingerprint density at radius 2 is 2.00 bits per heavy atom. The van der Waals surface area contributed by atoms with Crippen molar-refractivity contribution in [3.63, 3.8) is 0 Å². The van der Waals surface area contributed by atoms with Gasteiger partial charge in [0.1, 0.15) is 5.76 Å². The Bertz CT molecular complexity index is 638. The summed E-state index contributed by atoms with van der Waals surface area (Å²) in [6, 6.07) is 12.4. The first-order chi connectivity index (χ1) is 8.84. The van der Waals surface area contributed by atoms with Gasteiger partial charge in [-0.2, -0.15) is 0 Å². The lowest BCUT2D eigenvalue weighted by molar-refractivity contribution is 0.483. The van der Waals surface area contributed by atoms with Gasteiger partial charge in [-0.1, -0.05) is 18.2 Å². The van der Waals surface area contributed by atoms with E-state index in [0.717, 1.165) is 18.8 Å². The van der Waals surface area contributed by atoms with Gasteiger partial charge in [-0.15, -0.1) is 0 Å². The van der Waals surface area contributed by atoms with Gasteiger partial charge in [0.2, 0.25) is 0 Å². The van der Waals surface area contributed by atoms with Crippen LogP contribution in [-0.4, -0.2) is 4.57 Å². The zero-order valence-electron chi connectivity index (χ0n) is 10.4. The van der Waals surface area contributed by atoms with Gasteiger partial charge in [-0.3, -0.25) is 0 Å². The second-order valence-electron chi connectivity index (χ2n) is 4.47. The van der Waals surface area contributed by atoms with Crippen molar-refractivity contribution in [1.29, 1.82) is 0 Å². The fourth-order valence-electron chi connectivity index (χ4n) is 2.30. The summed E-state index contributed by atoms with van der Waals surface area (Å²) in [5.41, 5.74) is 2.59. The summed E-state index contributed by atoms with van der Waals surface area (Å²) in [6.45, 7) is 1.61. The SMILES string of the molecule is Cn1cc(CNCc2ccco2)c2ccccc21. The molecule has 3 aromatic rings. The van der Waals surface area contributed by atoms with E-state index in [4.69, 9.17) is 4.42 Å². The van der Waals surface area contributed by atoms with Gasteiger partial charge in [-0.05, 0) is 23.8 Å². The highest BCUT2D eigenvalue weighted by Gasteiger charge is 2.05. The lowest BCUT2D eigenvalue weighted by Crippen LogP contribution is -2.11. The Hall–Kier alpha value is -2.00. The summed E-state index contributed by atoms with van der Waals surface area (Å²) in [4.78, 5) is 0. The molecule has 0 amide bonds. The molecule has 2 aromatic heterocycles. The van der Waals surface area contributed by atoms with Crippen LogP contribution in [-0.2, 0) is 20.1 Å². The number of benzene rings is 1. The summed E-state index contributed by atoms with van der Waals surface area (Å²) in [5, 5.41) is 4.71. The van der Waals surface area contributed by atoms with Crippen molar-refractivity contribution in [2.75, 3.05) is 0 Å². The molecular weight excluding hydrogens is 224 g/mol. The molecule has 0 unspecified atom stereocenters. The van der Waals surface area contributed by atoms with Gasteiger partial charge in [0, 0.05) is 30.7 Å². The van der Waals surface area contributed by atoms with E-state index >= 15 is 0 Å². The average Bonchev–Trinajstić information content (AvgIpc) is 3.00. The Morgan fingerprint density at radius 3 is 2.83 bits per heavy atom. The number of aromatic nitrogens is 1. The number of furan rings is 1. The highest BCUT2D eigenvalue weighted by molar-refractivity contribution is 5.83. The number of hydrogen-bond acceptors (Lipinski definition) is 2. The van der Waals surface area contributed by atoms with Crippen molar-refractivity contribution in [2.45, 2.75) is 13.1 Å². The number of para-hydroxylation sites is 1. The molecule has 0 aliphatic rings. The van der Waals surface area contributed by atoms with Crippen molar-refractivity contribution in [1.82, 2.24) is 9.88 Å². The average molecular weight is 240 g/mol. The number of nitrogens with one attached hydrogen (secondary N) is 1. The lowest BCUT2D eigenvalue weighted by atomic mass is 10.2. The number of aryl methyl sites for hydroxylation is 1. The Morgan fingerprint density at radius 1 is 1.11 bits per heavy atom. The Kier molecular flexibility index (Phi) is 2.90. The third-order valence-corrected chi connectivity index (χ3v) is 3.17. The van der Waals surface area contributed by atoms with Crippen LogP contribution < -0.4 is 5.32 Å². The molecule has 0 aliphatic carbocycles. The minimum atomic E-state index is 0.760.